The van der Waals surface area contributed by atoms with Gasteiger partial charge in [0.25, 0.3) is 5.91 Å². The molecule has 1 saturated heterocycles. The number of hydrogen-bond acceptors (Lipinski definition) is 7. The van der Waals surface area contributed by atoms with Crippen LogP contribution in [0.1, 0.15) is 60.0 Å². The number of nitrogens with zero attached hydrogens (tertiary/aromatic N) is 7. The first-order valence-corrected chi connectivity index (χ1v) is 12.5. The summed E-state index contributed by atoms with van der Waals surface area (Å²) in [6, 6.07) is 9.83. The van der Waals surface area contributed by atoms with Gasteiger partial charge in [0.05, 0.1) is 29.8 Å². The van der Waals surface area contributed by atoms with Crippen LogP contribution in [0.5, 0.6) is 0 Å². The fourth-order valence-electron chi connectivity index (χ4n) is 4.28. The molecule has 0 unspecified atom stereocenters. The van der Waals surface area contributed by atoms with E-state index in [-0.39, 0.29) is 23.2 Å². The molecule has 0 saturated carbocycles. The number of fused-ring (bicyclic) bond motifs is 1. The molecule has 0 radical (unpaired) electrons. The van der Waals surface area contributed by atoms with Gasteiger partial charge in [-0.3, -0.25) is 14.5 Å². The molecule has 0 atom stereocenters. The van der Waals surface area contributed by atoms with Crippen LogP contribution in [0.15, 0.2) is 55.0 Å². The fourth-order valence-corrected chi connectivity index (χ4v) is 4.28. The minimum absolute atomic E-state index is 0.0222. The van der Waals surface area contributed by atoms with Gasteiger partial charge in [0.1, 0.15) is 11.5 Å². The molecule has 5 rings (SSSR count). The quantitative estimate of drug-likeness (QED) is 0.376. The largest absolute Gasteiger partial charge is 0.335 e. The number of benzene rings is 1. The van der Waals surface area contributed by atoms with Crippen LogP contribution < -0.4 is 0 Å². The molecule has 4 heterocycles. The molecule has 1 amide bonds. The Hall–Kier alpha value is -4.05. The molecule has 0 bridgehead atoms. The van der Waals surface area contributed by atoms with Crippen molar-refractivity contribution in [1.82, 2.24) is 34.6 Å². The lowest BCUT2D eigenvalue weighted by Crippen LogP contribution is -2.58. The van der Waals surface area contributed by atoms with E-state index in [2.05, 4.69) is 59.9 Å². The average molecular weight is 518 g/mol. The number of aldehydes is 1. The van der Waals surface area contributed by atoms with Gasteiger partial charge in [0.2, 0.25) is 0 Å². The van der Waals surface area contributed by atoms with Crippen molar-refractivity contribution in [2.45, 2.75) is 39.2 Å². The first-order chi connectivity index (χ1) is 18.1. The van der Waals surface area contributed by atoms with Gasteiger partial charge >= 0.3 is 0 Å². The Labute approximate surface area is 221 Å². The minimum Gasteiger partial charge on any atom is -0.335 e. The molecule has 1 aliphatic rings. The summed E-state index contributed by atoms with van der Waals surface area (Å²) in [5, 5.41) is 11.9. The zero-order valence-electron chi connectivity index (χ0n) is 22.3. The number of halogens is 1. The highest BCUT2D eigenvalue weighted by Crippen LogP contribution is 2.26. The molecule has 1 aromatic carbocycles. The van der Waals surface area contributed by atoms with Crippen LogP contribution in [-0.2, 0) is 0 Å². The topological polar surface area (TPSA) is 96.6 Å². The van der Waals surface area contributed by atoms with Crippen LogP contribution in [0.25, 0.3) is 16.9 Å². The van der Waals surface area contributed by atoms with Crippen molar-refractivity contribution in [2.75, 3.05) is 26.7 Å². The Morgan fingerprint density at radius 2 is 1.84 bits per heavy atom. The van der Waals surface area contributed by atoms with Crippen molar-refractivity contribution >= 4 is 17.8 Å². The van der Waals surface area contributed by atoms with Gasteiger partial charge in [-0.2, -0.15) is 15.3 Å². The molecule has 4 aromatic rings. The number of rotatable bonds is 4. The van der Waals surface area contributed by atoms with E-state index in [1.54, 1.807) is 35.1 Å². The number of hydrogen-bond donors (Lipinski definition) is 0. The van der Waals surface area contributed by atoms with E-state index < -0.39 is 0 Å². The van der Waals surface area contributed by atoms with Crippen molar-refractivity contribution in [2.24, 2.45) is 0 Å². The third-order valence-electron chi connectivity index (χ3n) is 6.79. The Morgan fingerprint density at radius 3 is 2.45 bits per heavy atom. The SMILES string of the molecule is CC(C)c1cc(-c2ccc(F)cc2)nn2cc(C=O)nc12.CN1CCN(C(=O)c2ccnnc2)CC1(C)C. The first kappa shape index (κ1) is 27.0. The zero-order valence-corrected chi connectivity index (χ0v) is 22.3. The van der Waals surface area contributed by atoms with E-state index in [0.29, 0.717) is 23.2 Å². The second-order valence-electron chi connectivity index (χ2n) is 10.3. The maximum atomic E-state index is 13.0. The van der Waals surface area contributed by atoms with Crippen LogP contribution in [-0.4, -0.2) is 79.0 Å². The average Bonchev–Trinajstić information content (AvgIpc) is 3.34. The fraction of sp³-hybridized carbons (Fsp3) is 0.357. The maximum Gasteiger partial charge on any atom is 0.255 e. The minimum atomic E-state index is -0.283. The van der Waals surface area contributed by atoms with E-state index in [0.717, 1.165) is 36.5 Å². The summed E-state index contributed by atoms with van der Waals surface area (Å²) in [5.41, 5.74) is 4.20. The van der Waals surface area contributed by atoms with Gasteiger partial charge in [-0.1, -0.05) is 13.8 Å². The number of likely N-dealkylation sites (N-methyl/N-ethyl adjacent to an activating group) is 1. The van der Waals surface area contributed by atoms with Crippen molar-refractivity contribution in [3.8, 4) is 11.3 Å². The molecular weight excluding hydrogens is 485 g/mol. The number of imidazole rings is 1. The zero-order chi connectivity index (χ0) is 27.4. The molecule has 9 nitrogen and oxygen atoms in total. The highest BCUT2D eigenvalue weighted by atomic mass is 19.1. The molecule has 1 aliphatic heterocycles. The highest BCUT2D eigenvalue weighted by Gasteiger charge is 2.33. The van der Waals surface area contributed by atoms with E-state index in [1.807, 2.05) is 11.0 Å². The first-order valence-electron chi connectivity index (χ1n) is 12.5. The third kappa shape index (κ3) is 5.91. The van der Waals surface area contributed by atoms with Gasteiger partial charge in [-0.25, -0.2) is 13.9 Å². The number of amides is 1. The number of carbonyl (C=O) groups excluding carboxylic acids is 2. The van der Waals surface area contributed by atoms with E-state index in [9.17, 15) is 14.0 Å². The third-order valence-corrected chi connectivity index (χ3v) is 6.79. The maximum absolute atomic E-state index is 13.0. The van der Waals surface area contributed by atoms with Gasteiger partial charge < -0.3 is 4.90 Å². The Kier molecular flexibility index (Phi) is 7.91. The molecule has 0 aliphatic carbocycles. The van der Waals surface area contributed by atoms with Crippen LogP contribution in [0.4, 0.5) is 4.39 Å². The highest BCUT2D eigenvalue weighted by molar-refractivity contribution is 5.93. The summed E-state index contributed by atoms with van der Waals surface area (Å²) in [6.45, 7) is 10.8. The second-order valence-corrected chi connectivity index (χ2v) is 10.3. The van der Waals surface area contributed by atoms with E-state index >= 15 is 0 Å². The lowest BCUT2D eigenvalue weighted by Gasteiger charge is -2.45. The Bertz CT molecular complexity index is 1420. The molecule has 38 heavy (non-hydrogen) atoms. The van der Waals surface area contributed by atoms with Gasteiger partial charge in [0, 0.05) is 36.3 Å². The molecule has 198 valence electrons. The summed E-state index contributed by atoms with van der Waals surface area (Å²) in [7, 11) is 2.09. The lowest BCUT2D eigenvalue weighted by atomic mass is 9.99. The van der Waals surface area contributed by atoms with Crippen molar-refractivity contribution in [1.29, 1.82) is 0 Å². The Morgan fingerprint density at radius 1 is 1.11 bits per heavy atom. The molecule has 3 aromatic heterocycles. The predicted molar refractivity (Wildman–Crippen MR) is 143 cm³/mol. The van der Waals surface area contributed by atoms with Crippen molar-refractivity contribution in [3.63, 3.8) is 0 Å². The molecule has 10 heteroatoms. The molecule has 1 fully saturated rings. The van der Waals surface area contributed by atoms with Crippen LogP contribution in [0.3, 0.4) is 0 Å². The lowest BCUT2D eigenvalue weighted by molar-refractivity contribution is 0.0311. The van der Waals surface area contributed by atoms with Gasteiger partial charge in [-0.05, 0) is 63.2 Å². The van der Waals surface area contributed by atoms with E-state index in [1.165, 1.54) is 18.3 Å². The predicted octanol–water partition coefficient (Wildman–Crippen LogP) is 4.11. The number of piperazine rings is 1. The van der Waals surface area contributed by atoms with Crippen molar-refractivity contribution < 1.29 is 14.0 Å². The van der Waals surface area contributed by atoms with Gasteiger partial charge in [-0.15, -0.1) is 0 Å². The summed E-state index contributed by atoms with van der Waals surface area (Å²) in [5.74, 6) is -0.00698. The summed E-state index contributed by atoms with van der Waals surface area (Å²) in [6.07, 6.45) is 5.37. The summed E-state index contributed by atoms with van der Waals surface area (Å²) < 4.78 is 14.6. The molecule has 0 N–H and O–H groups in total. The Balaban J connectivity index is 0.000000181. The number of carbonyl (C=O) groups is 2. The van der Waals surface area contributed by atoms with Crippen molar-refractivity contribution in [3.05, 3.63) is 77.6 Å². The van der Waals surface area contributed by atoms with Gasteiger partial charge in [0.15, 0.2) is 11.9 Å². The molecule has 0 spiro atoms. The standard InChI is InChI=1S/C16H14FN3O.C12H18N4O/c1-10(2)14-7-15(11-3-5-12(17)6-4-11)19-20-8-13(9-21)18-16(14)20;1-12(2)9-16(7-6-15(12)3)11(17)10-4-5-13-14-8-10/h3-10H,1-2H3;4-5,8H,6-7,9H2,1-3H3. The van der Waals surface area contributed by atoms with Crippen LogP contribution in [0.2, 0.25) is 0 Å². The summed E-state index contributed by atoms with van der Waals surface area (Å²) in [4.78, 5) is 31.6. The summed E-state index contributed by atoms with van der Waals surface area (Å²) >= 11 is 0. The van der Waals surface area contributed by atoms with Crippen LogP contribution in [0, 0.1) is 5.82 Å². The molecular formula is C28H32FN7O2. The smallest absolute Gasteiger partial charge is 0.255 e. The number of aromatic nitrogens is 5. The van der Waals surface area contributed by atoms with Crippen LogP contribution >= 0.6 is 0 Å². The second kappa shape index (κ2) is 11.1. The normalized spacial score (nSPS) is 15.3. The monoisotopic (exact) mass is 517 g/mol. The van der Waals surface area contributed by atoms with E-state index in [4.69, 9.17) is 0 Å².